The van der Waals surface area contributed by atoms with E-state index in [-0.39, 0.29) is 5.41 Å². The smallest absolute Gasteiger partial charge is 0.336 e. The number of aryl methyl sites for hydroxylation is 1. The summed E-state index contributed by atoms with van der Waals surface area (Å²) in [5.74, 6) is 0.365. The summed E-state index contributed by atoms with van der Waals surface area (Å²) >= 11 is 0. The molecular weight excluding hydrogens is 386 g/mol. The maximum atomic E-state index is 11.7. The summed E-state index contributed by atoms with van der Waals surface area (Å²) in [7, 11) is 0. The van der Waals surface area contributed by atoms with Crippen molar-refractivity contribution in [2.75, 3.05) is 5.32 Å². The van der Waals surface area contributed by atoms with Gasteiger partial charge in [-0.05, 0) is 72.9 Å². The van der Waals surface area contributed by atoms with E-state index in [1.807, 2.05) is 13.0 Å². The molecule has 31 heavy (non-hydrogen) atoms. The van der Waals surface area contributed by atoms with Crippen molar-refractivity contribution >= 4 is 28.6 Å². The zero-order valence-corrected chi connectivity index (χ0v) is 19.2. The first-order valence-corrected chi connectivity index (χ1v) is 11.3. The van der Waals surface area contributed by atoms with Crippen molar-refractivity contribution in [3.8, 4) is 0 Å². The number of aromatic carboxylic acids is 1. The zero-order valence-electron chi connectivity index (χ0n) is 19.2. The summed E-state index contributed by atoms with van der Waals surface area (Å²) in [5.41, 5.74) is 5.39. The van der Waals surface area contributed by atoms with Gasteiger partial charge >= 0.3 is 5.97 Å². The van der Waals surface area contributed by atoms with E-state index < -0.39 is 5.97 Å². The molecule has 5 nitrogen and oxygen atoms in total. The van der Waals surface area contributed by atoms with Gasteiger partial charge in [0.2, 0.25) is 5.95 Å². The Kier molecular flexibility index (Phi) is 5.54. The van der Waals surface area contributed by atoms with Gasteiger partial charge in [0, 0.05) is 11.7 Å². The fraction of sp³-hybridized carbons (Fsp3) is 0.462. The Labute approximate surface area is 184 Å². The Morgan fingerprint density at radius 2 is 1.94 bits per heavy atom. The van der Waals surface area contributed by atoms with Crippen molar-refractivity contribution in [2.24, 2.45) is 5.41 Å². The highest BCUT2D eigenvalue weighted by Crippen LogP contribution is 2.43. The van der Waals surface area contributed by atoms with Crippen molar-refractivity contribution in [1.29, 1.82) is 0 Å². The molecule has 1 aliphatic rings. The first kappa shape index (κ1) is 21.4. The van der Waals surface area contributed by atoms with E-state index in [1.165, 1.54) is 18.4 Å². The molecule has 2 aromatic carbocycles. The van der Waals surface area contributed by atoms with Crippen LogP contribution in [0.1, 0.15) is 86.8 Å². The summed E-state index contributed by atoms with van der Waals surface area (Å²) < 4.78 is 2.31. The van der Waals surface area contributed by atoms with E-state index in [0.717, 1.165) is 41.1 Å². The van der Waals surface area contributed by atoms with Crippen LogP contribution in [0, 0.1) is 12.3 Å². The molecule has 1 aromatic heterocycles. The van der Waals surface area contributed by atoms with Gasteiger partial charge in [-0.3, -0.25) is 0 Å². The molecule has 3 aromatic rings. The number of carboxylic acids is 1. The normalized spacial score (nSPS) is 18.5. The highest BCUT2D eigenvalue weighted by Gasteiger charge is 2.31. The third-order valence-electron chi connectivity index (χ3n) is 6.64. The maximum absolute atomic E-state index is 11.7. The van der Waals surface area contributed by atoms with Gasteiger partial charge in [-0.2, -0.15) is 0 Å². The molecule has 0 spiro atoms. The minimum Gasteiger partial charge on any atom is -0.478 e. The number of rotatable bonds is 5. The van der Waals surface area contributed by atoms with Gasteiger partial charge in [0.05, 0.1) is 16.6 Å². The summed E-state index contributed by atoms with van der Waals surface area (Å²) in [6.45, 7) is 10.9. The van der Waals surface area contributed by atoms with Crippen LogP contribution in [-0.4, -0.2) is 20.6 Å². The van der Waals surface area contributed by atoms with Gasteiger partial charge in [-0.1, -0.05) is 46.2 Å². The molecule has 1 saturated carbocycles. The van der Waals surface area contributed by atoms with E-state index in [2.05, 4.69) is 61.8 Å². The predicted octanol–water partition coefficient (Wildman–Crippen LogP) is 7.05. The Morgan fingerprint density at radius 1 is 1.23 bits per heavy atom. The maximum Gasteiger partial charge on any atom is 0.336 e. The number of hydrogen-bond acceptors (Lipinski definition) is 3. The average molecular weight is 420 g/mol. The highest BCUT2D eigenvalue weighted by molar-refractivity contribution is 5.95. The number of imidazole rings is 1. The van der Waals surface area contributed by atoms with Crippen molar-refractivity contribution in [1.82, 2.24) is 9.55 Å². The molecular formula is C26H33N3O2. The lowest BCUT2D eigenvalue weighted by Gasteiger charge is -2.36. The van der Waals surface area contributed by atoms with Crippen LogP contribution in [0.15, 0.2) is 36.4 Å². The van der Waals surface area contributed by atoms with E-state index in [0.29, 0.717) is 17.5 Å². The van der Waals surface area contributed by atoms with Crippen LogP contribution in [0.4, 0.5) is 11.6 Å². The fourth-order valence-electron chi connectivity index (χ4n) is 4.89. The van der Waals surface area contributed by atoms with Gasteiger partial charge in [0.15, 0.2) is 0 Å². The summed E-state index contributed by atoms with van der Waals surface area (Å²) in [5, 5.41) is 13.1. The van der Waals surface area contributed by atoms with Crippen LogP contribution in [0.2, 0.25) is 0 Å². The lowest BCUT2D eigenvalue weighted by atomic mass is 9.75. The topological polar surface area (TPSA) is 67.2 Å². The van der Waals surface area contributed by atoms with E-state index in [4.69, 9.17) is 4.98 Å². The Bertz CT molecular complexity index is 1110. The van der Waals surface area contributed by atoms with E-state index >= 15 is 0 Å². The molecule has 0 bridgehead atoms. The first-order valence-electron chi connectivity index (χ1n) is 11.3. The number of aromatic nitrogens is 2. The van der Waals surface area contributed by atoms with Crippen molar-refractivity contribution in [3.63, 3.8) is 0 Å². The van der Waals surface area contributed by atoms with Gasteiger partial charge in [0.1, 0.15) is 0 Å². The number of anilines is 2. The molecule has 0 radical (unpaired) electrons. The minimum absolute atomic E-state index is 0.283. The number of hydrogen-bond donors (Lipinski definition) is 2. The molecule has 1 heterocycles. The lowest BCUT2D eigenvalue weighted by Crippen LogP contribution is -2.25. The molecule has 0 saturated heterocycles. The second-order valence-corrected chi connectivity index (χ2v) is 10.1. The second-order valence-electron chi connectivity index (χ2n) is 10.1. The molecule has 1 fully saturated rings. The Morgan fingerprint density at radius 3 is 2.55 bits per heavy atom. The monoisotopic (exact) mass is 419 g/mol. The van der Waals surface area contributed by atoms with Gasteiger partial charge in [-0.15, -0.1) is 0 Å². The molecule has 0 amide bonds. The molecule has 1 atom stereocenters. The van der Waals surface area contributed by atoms with Crippen molar-refractivity contribution in [3.05, 3.63) is 53.1 Å². The second kappa shape index (κ2) is 8.03. The quantitative estimate of drug-likeness (QED) is 0.465. The van der Waals surface area contributed by atoms with Crippen molar-refractivity contribution < 1.29 is 9.90 Å². The van der Waals surface area contributed by atoms with Crippen molar-refractivity contribution in [2.45, 2.75) is 72.3 Å². The van der Waals surface area contributed by atoms with Crippen LogP contribution < -0.4 is 5.32 Å². The lowest BCUT2D eigenvalue weighted by molar-refractivity contribution is 0.0696. The van der Waals surface area contributed by atoms with Crippen LogP contribution in [0.5, 0.6) is 0 Å². The van der Waals surface area contributed by atoms with Crippen LogP contribution >= 0.6 is 0 Å². The van der Waals surface area contributed by atoms with Gasteiger partial charge in [-0.25, -0.2) is 9.78 Å². The number of benzene rings is 2. The molecule has 2 N–H and O–H groups in total. The van der Waals surface area contributed by atoms with Crippen LogP contribution in [-0.2, 0) is 0 Å². The standard InChI is InChI=1S/C26H33N3O2/c1-16(2)18-8-10-19(11-9-18)27-25-28-22-14-21(24(30)31)17(3)13-23(22)29(25)20-7-6-12-26(4,5)15-20/h8-11,13-14,16,20H,6-7,12,15H2,1-5H3,(H,27,28)(H,30,31)/t20-/m0/s1. The highest BCUT2D eigenvalue weighted by atomic mass is 16.4. The fourth-order valence-corrected chi connectivity index (χ4v) is 4.89. The van der Waals surface area contributed by atoms with E-state index in [1.54, 1.807) is 6.07 Å². The Hall–Kier alpha value is -2.82. The predicted molar refractivity (Wildman–Crippen MR) is 127 cm³/mol. The Balaban J connectivity index is 1.81. The molecule has 164 valence electrons. The number of nitrogens with one attached hydrogen (secondary N) is 1. The SMILES string of the molecule is Cc1cc2c(cc1C(=O)O)nc(Nc1ccc(C(C)C)cc1)n2[C@H]1CCCC(C)(C)C1. The molecule has 1 aliphatic carbocycles. The third-order valence-corrected chi connectivity index (χ3v) is 6.64. The summed E-state index contributed by atoms with van der Waals surface area (Å²) in [6.07, 6.45) is 4.61. The van der Waals surface area contributed by atoms with Gasteiger partial charge in [0.25, 0.3) is 0 Å². The number of carbonyl (C=O) groups is 1. The van der Waals surface area contributed by atoms with E-state index in [9.17, 15) is 9.90 Å². The zero-order chi connectivity index (χ0) is 22.3. The molecule has 4 rings (SSSR count). The number of carboxylic acid groups (broad SMARTS) is 1. The molecule has 0 aliphatic heterocycles. The number of fused-ring (bicyclic) bond motifs is 1. The summed E-state index contributed by atoms with van der Waals surface area (Å²) in [4.78, 5) is 16.5. The molecule has 5 heteroatoms. The van der Waals surface area contributed by atoms with Crippen LogP contribution in [0.25, 0.3) is 11.0 Å². The van der Waals surface area contributed by atoms with Gasteiger partial charge < -0.3 is 15.0 Å². The van der Waals surface area contributed by atoms with Crippen LogP contribution in [0.3, 0.4) is 0 Å². The third kappa shape index (κ3) is 4.32. The largest absolute Gasteiger partial charge is 0.478 e. The molecule has 0 unspecified atom stereocenters. The first-order chi connectivity index (χ1) is 14.6. The minimum atomic E-state index is -0.911. The number of nitrogens with zero attached hydrogens (tertiary/aromatic N) is 2. The average Bonchev–Trinajstić information content (AvgIpc) is 3.03. The summed E-state index contributed by atoms with van der Waals surface area (Å²) in [6, 6.07) is 12.5.